The molecular weight excluding hydrogens is 410 g/mol. The topological polar surface area (TPSA) is 78.5 Å². The number of benzene rings is 2. The van der Waals surface area contributed by atoms with E-state index >= 15 is 0 Å². The van der Waals surface area contributed by atoms with E-state index in [0.717, 1.165) is 21.9 Å². The second-order valence-corrected chi connectivity index (χ2v) is 8.02. The van der Waals surface area contributed by atoms with Crippen LogP contribution in [0.3, 0.4) is 0 Å². The molecule has 2 aromatic carbocycles. The molecular formula is C24H21N3O3S. The number of nitrogens with one attached hydrogen (secondary N) is 2. The van der Waals surface area contributed by atoms with Crippen molar-refractivity contribution in [3.05, 3.63) is 82.2 Å². The summed E-state index contributed by atoms with van der Waals surface area (Å²) in [5.74, 6) is -0.990. The molecule has 4 rings (SSSR count). The van der Waals surface area contributed by atoms with Crippen molar-refractivity contribution in [1.82, 2.24) is 0 Å². The molecule has 0 spiro atoms. The van der Waals surface area contributed by atoms with Crippen LogP contribution in [0.15, 0.2) is 71.7 Å². The summed E-state index contributed by atoms with van der Waals surface area (Å²) >= 11 is 1.41. The highest BCUT2D eigenvalue weighted by Gasteiger charge is 2.40. The first-order valence-electron chi connectivity index (χ1n) is 9.88. The molecule has 3 aromatic rings. The molecule has 2 heterocycles. The summed E-state index contributed by atoms with van der Waals surface area (Å²) in [6.45, 7) is 3.50. The predicted octanol–water partition coefficient (Wildman–Crippen LogP) is 4.67. The standard InChI is InChI=1S/C24H21N3O3S/c1-3-16-6-8-18(9-7-16)26-22-21(20-5-4-14-31-20)23(29)27(24(22)30)19-12-10-17(11-13-19)25-15(2)28/h4-14,26H,3H2,1-2H3,(H,25,28). The Morgan fingerprint density at radius 3 is 2.19 bits per heavy atom. The van der Waals surface area contributed by atoms with Gasteiger partial charge in [0.15, 0.2) is 0 Å². The summed E-state index contributed by atoms with van der Waals surface area (Å²) in [7, 11) is 0. The number of thiophene rings is 1. The van der Waals surface area contributed by atoms with Gasteiger partial charge in [0, 0.05) is 23.2 Å². The van der Waals surface area contributed by atoms with Crippen molar-refractivity contribution in [3.8, 4) is 0 Å². The minimum Gasteiger partial charge on any atom is -0.350 e. The Morgan fingerprint density at radius 2 is 1.61 bits per heavy atom. The van der Waals surface area contributed by atoms with Crippen molar-refractivity contribution < 1.29 is 14.4 Å². The lowest BCUT2D eigenvalue weighted by Gasteiger charge is -2.16. The molecule has 0 saturated carbocycles. The van der Waals surface area contributed by atoms with Crippen LogP contribution in [0.4, 0.5) is 17.1 Å². The Bertz CT molecular complexity index is 1160. The fourth-order valence-corrected chi connectivity index (χ4v) is 4.16. The summed E-state index contributed by atoms with van der Waals surface area (Å²) < 4.78 is 0. The molecule has 1 aliphatic heterocycles. The van der Waals surface area contributed by atoms with E-state index in [0.29, 0.717) is 16.9 Å². The Kier molecular flexibility index (Phi) is 5.68. The molecule has 31 heavy (non-hydrogen) atoms. The maximum atomic E-state index is 13.3. The van der Waals surface area contributed by atoms with E-state index in [1.54, 1.807) is 24.3 Å². The fraction of sp³-hybridized carbons (Fsp3) is 0.125. The van der Waals surface area contributed by atoms with Crippen LogP contribution >= 0.6 is 11.3 Å². The van der Waals surface area contributed by atoms with E-state index in [4.69, 9.17) is 0 Å². The fourth-order valence-electron chi connectivity index (χ4n) is 3.39. The summed E-state index contributed by atoms with van der Waals surface area (Å²) in [6, 6.07) is 18.1. The van der Waals surface area contributed by atoms with Crippen molar-refractivity contribution in [3.63, 3.8) is 0 Å². The molecule has 0 atom stereocenters. The predicted molar refractivity (Wildman–Crippen MR) is 124 cm³/mol. The number of amides is 3. The minimum absolute atomic E-state index is 0.191. The van der Waals surface area contributed by atoms with Crippen LogP contribution in [0.25, 0.3) is 5.57 Å². The summed E-state index contributed by atoms with van der Waals surface area (Å²) in [5, 5.41) is 7.72. The van der Waals surface area contributed by atoms with Crippen LogP contribution in [-0.4, -0.2) is 17.7 Å². The molecule has 0 radical (unpaired) electrons. The van der Waals surface area contributed by atoms with Crippen molar-refractivity contribution in [2.45, 2.75) is 20.3 Å². The van der Waals surface area contributed by atoms with Crippen LogP contribution in [0.2, 0.25) is 0 Å². The molecule has 7 heteroatoms. The number of imide groups is 1. The summed E-state index contributed by atoms with van der Waals surface area (Å²) in [4.78, 5) is 39.8. The first kappa shape index (κ1) is 20.6. The van der Waals surface area contributed by atoms with Crippen molar-refractivity contribution in [1.29, 1.82) is 0 Å². The number of hydrogen-bond donors (Lipinski definition) is 2. The summed E-state index contributed by atoms with van der Waals surface area (Å²) in [6.07, 6.45) is 0.920. The highest BCUT2D eigenvalue weighted by molar-refractivity contribution is 7.11. The molecule has 0 aliphatic carbocycles. The smallest absolute Gasteiger partial charge is 0.282 e. The van der Waals surface area contributed by atoms with E-state index in [-0.39, 0.29) is 17.5 Å². The molecule has 3 amide bonds. The number of carbonyl (C=O) groups is 3. The van der Waals surface area contributed by atoms with Gasteiger partial charge in [-0.05, 0) is 59.8 Å². The number of nitrogens with zero attached hydrogens (tertiary/aromatic N) is 1. The Hall–Kier alpha value is -3.71. The largest absolute Gasteiger partial charge is 0.350 e. The van der Waals surface area contributed by atoms with Gasteiger partial charge in [0.05, 0.1) is 11.3 Å². The maximum absolute atomic E-state index is 13.3. The number of aryl methyl sites for hydroxylation is 1. The average molecular weight is 432 g/mol. The van der Waals surface area contributed by atoms with E-state index in [2.05, 4.69) is 17.6 Å². The van der Waals surface area contributed by atoms with Gasteiger partial charge in [-0.2, -0.15) is 0 Å². The van der Waals surface area contributed by atoms with Crippen LogP contribution in [-0.2, 0) is 20.8 Å². The summed E-state index contributed by atoms with van der Waals surface area (Å²) in [5.41, 5.74) is 3.57. The number of carbonyl (C=O) groups excluding carboxylic acids is 3. The molecule has 2 N–H and O–H groups in total. The van der Waals surface area contributed by atoms with Gasteiger partial charge < -0.3 is 10.6 Å². The van der Waals surface area contributed by atoms with Crippen LogP contribution in [0.1, 0.15) is 24.3 Å². The third kappa shape index (κ3) is 4.13. The zero-order chi connectivity index (χ0) is 22.0. The minimum atomic E-state index is -0.416. The van der Waals surface area contributed by atoms with Gasteiger partial charge in [0.1, 0.15) is 5.70 Å². The second-order valence-electron chi connectivity index (χ2n) is 7.08. The zero-order valence-electron chi connectivity index (χ0n) is 17.1. The average Bonchev–Trinajstić information content (AvgIpc) is 3.36. The molecule has 156 valence electrons. The molecule has 1 aromatic heterocycles. The molecule has 0 bridgehead atoms. The van der Waals surface area contributed by atoms with E-state index in [9.17, 15) is 14.4 Å². The second kappa shape index (κ2) is 8.57. The van der Waals surface area contributed by atoms with Crippen LogP contribution in [0.5, 0.6) is 0 Å². The van der Waals surface area contributed by atoms with E-state index in [1.165, 1.54) is 23.8 Å². The molecule has 0 fully saturated rings. The van der Waals surface area contributed by atoms with Crippen molar-refractivity contribution in [2.24, 2.45) is 0 Å². The van der Waals surface area contributed by atoms with E-state index < -0.39 is 5.91 Å². The normalized spacial score (nSPS) is 13.7. The molecule has 6 nitrogen and oxygen atoms in total. The molecule has 0 saturated heterocycles. The van der Waals surface area contributed by atoms with Crippen LogP contribution in [0, 0.1) is 0 Å². The highest BCUT2D eigenvalue weighted by Crippen LogP contribution is 2.35. The van der Waals surface area contributed by atoms with Gasteiger partial charge >= 0.3 is 0 Å². The number of hydrogen-bond acceptors (Lipinski definition) is 5. The van der Waals surface area contributed by atoms with Gasteiger partial charge in [0.25, 0.3) is 11.8 Å². The van der Waals surface area contributed by atoms with Crippen LogP contribution < -0.4 is 15.5 Å². The quantitative estimate of drug-likeness (QED) is 0.556. The molecule has 1 aliphatic rings. The lowest BCUT2D eigenvalue weighted by molar-refractivity contribution is -0.120. The monoisotopic (exact) mass is 431 g/mol. The Labute approximate surface area is 184 Å². The first-order valence-corrected chi connectivity index (χ1v) is 10.8. The zero-order valence-corrected chi connectivity index (χ0v) is 18.0. The number of anilines is 3. The van der Waals surface area contributed by atoms with E-state index in [1.807, 2.05) is 41.8 Å². The number of rotatable bonds is 6. The Balaban J connectivity index is 1.69. The van der Waals surface area contributed by atoms with Gasteiger partial charge in [-0.3, -0.25) is 14.4 Å². The van der Waals surface area contributed by atoms with Gasteiger partial charge in [-0.1, -0.05) is 25.1 Å². The van der Waals surface area contributed by atoms with Gasteiger partial charge in [-0.25, -0.2) is 4.90 Å². The Morgan fingerprint density at radius 1 is 0.935 bits per heavy atom. The third-order valence-electron chi connectivity index (χ3n) is 4.93. The first-order chi connectivity index (χ1) is 15.0. The van der Waals surface area contributed by atoms with Gasteiger partial charge in [-0.15, -0.1) is 11.3 Å². The van der Waals surface area contributed by atoms with Gasteiger partial charge in [0.2, 0.25) is 5.91 Å². The van der Waals surface area contributed by atoms with Crippen molar-refractivity contribution >= 4 is 51.7 Å². The lowest BCUT2D eigenvalue weighted by atomic mass is 10.1. The maximum Gasteiger partial charge on any atom is 0.282 e. The highest BCUT2D eigenvalue weighted by atomic mass is 32.1. The lowest BCUT2D eigenvalue weighted by Crippen LogP contribution is -2.32. The molecule has 0 unspecified atom stereocenters. The van der Waals surface area contributed by atoms with Crippen molar-refractivity contribution in [2.75, 3.05) is 15.5 Å². The SMILES string of the molecule is CCc1ccc(NC2=C(c3cccs3)C(=O)N(c3ccc(NC(C)=O)cc3)C2=O)cc1. The third-order valence-corrected chi connectivity index (χ3v) is 5.82.